The van der Waals surface area contributed by atoms with Crippen molar-refractivity contribution in [2.75, 3.05) is 26.7 Å². The molecule has 6 heteroatoms. The van der Waals surface area contributed by atoms with Gasteiger partial charge in [-0.3, -0.25) is 4.79 Å². The Bertz CT molecular complexity index is 671. The topological polar surface area (TPSA) is 59.1 Å². The van der Waals surface area contributed by atoms with E-state index in [2.05, 4.69) is 6.58 Å². The van der Waals surface area contributed by atoms with Gasteiger partial charge in [0.15, 0.2) is 0 Å². The quantitative estimate of drug-likeness (QED) is 0.695. The highest BCUT2D eigenvalue weighted by atomic mass is 16.6. The van der Waals surface area contributed by atoms with Crippen molar-refractivity contribution < 1.29 is 19.1 Å². The van der Waals surface area contributed by atoms with Crippen LogP contribution in [0.2, 0.25) is 0 Å². The Morgan fingerprint density at radius 1 is 1.21 bits per heavy atom. The number of ether oxygens (including phenoxy) is 2. The van der Waals surface area contributed by atoms with Crippen molar-refractivity contribution in [2.45, 2.75) is 45.8 Å². The number of carbonyl (C=O) groups is 2. The Balaban J connectivity index is 1.94. The van der Waals surface area contributed by atoms with Gasteiger partial charge in [-0.1, -0.05) is 18.2 Å². The molecule has 2 amide bonds. The zero-order valence-electron chi connectivity index (χ0n) is 17.4. The van der Waals surface area contributed by atoms with Crippen LogP contribution < -0.4 is 4.74 Å². The number of piperidine rings is 1. The van der Waals surface area contributed by atoms with Crippen LogP contribution in [0.5, 0.6) is 5.75 Å². The summed E-state index contributed by atoms with van der Waals surface area (Å²) in [7, 11) is 1.63. The summed E-state index contributed by atoms with van der Waals surface area (Å²) in [4.78, 5) is 28.8. The number of rotatable bonds is 6. The maximum Gasteiger partial charge on any atom is 0.410 e. The monoisotopic (exact) mass is 388 g/mol. The number of hydrogen-bond acceptors (Lipinski definition) is 4. The molecule has 0 bridgehead atoms. The van der Waals surface area contributed by atoms with Gasteiger partial charge in [0, 0.05) is 32.1 Å². The number of carbonyl (C=O) groups excluding carboxylic acids is 2. The Hall–Kier alpha value is -2.50. The van der Waals surface area contributed by atoms with Crippen molar-refractivity contribution in [1.29, 1.82) is 0 Å². The fourth-order valence-electron chi connectivity index (χ4n) is 3.23. The number of nitrogens with zero attached hydrogens (tertiary/aromatic N) is 2. The summed E-state index contributed by atoms with van der Waals surface area (Å²) < 4.78 is 10.6. The summed E-state index contributed by atoms with van der Waals surface area (Å²) in [6.07, 6.45) is 2.74. The van der Waals surface area contributed by atoms with Crippen molar-refractivity contribution in [3.05, 3.63) is 42.5 Å². The highest BCUT2D eigenvalue weighted by molar-refractivity contribution is 5.79. The van der Waals surface area contributed by atoms with E-state index in [-0.39, 0.29) is 17.9 Å². The van der Waals surface area contributed by atoms with Gasteiger partial charge in [-0.05, 0) is 51.3 Å². The highest BCUT2D eigenvalue weighted by Crippen LogP contribution is 2.23. The van der Waals surface area contributed by atoms with Crippen LogP contribution in [0.25, 0.3) is 0 Å². The predicted molar refractivity (Wildman–Crippen MR) is 109 cm³/mol. The van der Waals surface area contributed by atoms with Crippen LogP contribution in [0, 0.1) is 5.92 Å². The van der Waals surface area contributed by atoms with E-state index in [1.165, 1.54) is 0 Å². The molecule has 0 radical (unpaired) electrons. The van der Waals surface area contributed by atoms with Crippen LogP contribution in [0.3, 0.4) is 0 Å². The van der Waals surface area contributed by atoms with Crippen molar-refractivity contribution in [3.8, 4) is 5.75 Å². The average Bonchev–Trinajstić information content (AvgIpc) is 2.66. The molecular weight excluding hydrogens is 356 g/mol. The van der Waals surface area contributed by atoms with E-state index in [4.69, 9.17) is 9.47 Å². The predicted octanol–water partition coefficient (Wildman–Crippen LogP) is 3.86. The molecule has 1 aliphatic rings. The molecular formula is C22H32N2O4. The smallest absolute Gasteiger partial charge is 0.410 e. The van der Waals surface area contributed by atoms with Crippen LogP contribution in [-0.2, 0) is 16.1 Å². The van der Waals surface area contributed by atoms with Gasteiger partial charge in [-0.2, -0.15) is 0 Å². The van der Waals surface area contributed by atoms with E-state index in [0.29, 0.717) is 39.0 Å². The first-order valence-corrected chi connectivity index (χ1v) is 9.74. The summed E-state index contributed by atoms with van der Waals surface area (Å²) in [5.74, 6) is 0.816. The van der Waals surface area contributed by atoms with Gasteiger partial charge in [-0.25, -0.2) is 4.79 Å². The summed E-state index contributed by atoms with van der Waals surface area (Å²) in [6, 6.07) is 7.72. The first kappa shape index (κ1) is 21.8. The molecule has 0 spiro atoms. The van der Waals surface area contributed by atoms with E-state index in [0.717, 1.165) is 11.3 Å². The average molecular weight is 389 g/mol. The number of hydrogen-bond donors (Lipinski definition) is 0. The van der Waals surface area contributed by atoms with Crippen LogP contribution in [0.1, 0.15) is 39.2 Å². The first-order valence-electron chi connectivity index (χ1n) is 9.74. The van der Waals surface area contributed by atoms with Crippen LogP contribution in [-0.4, -0.2) is 54.1 Å². The third kappa shape index (κ3) is 6.29. The van der Waals surface area contributed by atoms with Crippen molar-refractivity contribution in [3.63, 3.8) is 0 Å². The Morgan fingerprint density at radius 3 is 2.32 bits per heavy atom. The molecule has 0 atom stereocenters. The number of methoxy groups -OCH3 is 1. The third-order valence-electron chi connectivity index (χ3n) is 4.69. The summed E-state index contributed by atoms with van der Waals surface area (Å²) in [6.45, 7) is 11.4. The molecule has 0 N–H and O–H groups in total. The molecule has 0 unspecified atom stereocenters. The maximum atomic E-state index is 13.0. The highest BCUT2D eigenvalue weighted by Gasteiger charge is 2.31. The second-order valence-corrected chi connectivity index (χ2v) is 8.10. The first-order chi connectivity index (χ1) is 13.2. The maximum absolute atomic E-state index is 13.0. The van der Waals surface area contributed by atoms with E-state index < -0.39 is 5.60 Å². The summed E-state index contributed by atoms with van der Waals surface area (Å²) in [5, 5.41) is 0. The van der Waals surface area contributed by atoms with Gasteiger partial charge >= 0.3 is 6.09 Å². The second-order valence-electron chi connectivity index (χ2n) is 8.10. The van der Waals surface area contributed by atoms with E-state index in [1.807, 2.05) is 49.9 Å². The largest absolute Gasteiger partial charge is 0.497 e. The zero-order chi connectivity index (χ0) is 20.7. The Kier molecular flexibility index (Phi) is 7.49. The van der Waals surface area contributed by atoms with Gasteiger partial charge in [-0.15, -0.1) is 6.58 Å². The minimum atomic E-state index is -0.511. The van der Waals surface area contributed by atoms with E-state index in [9.17, 15) is 9.59 Å². The molecule has 2 rings (SSSR count). The molecule has 1 heterocycles. The lowest BCUT2D eigenvalue weighted by molar-refractivity contribution is -0.137. The van der Waals surface area contributed by atoms with Crippen molar-refractivity contribution >= 4 is 12.0 Å². The van der Waals surface area contributed by atoms with E-state index >= 15 is 0 Å². The van der Waals surface area contributed by atoms with Crippen LogP contribution in [0.4, 0.5) is 4.79 Å². The Morgan fingerprint density at radius 2 is 1.82 bits per heavy atom. The zero-order valence-corrected chi connectivity index (χ0v) is 17.4. The summed E-state index contributed by atoms with van der Waals surface area (Å²) in [5.41, 5.74) is 0.533. The van der Waals surface area contributed by atoms with Crippen molar-refractivity contribution in [1.82, 2.24) is 9.80 Å². The fraction of sp³-hybridized carbons (Fsp3) is 0.545. The minimum absolute atomic E-state index is 0.0862. The van der Waals surface area contributed by atoms with Crippen LogP contribution in [0.15, 0.2) is 36.9 Å². The normalized spacial score (nSPS) is 15.1. The van der Waals surface area contributed by atoms with Gasteiger partial charge in [0.05, 0.1) is 7.11 Å². The SMILES string of the molecule is C=CCN(Cc1ccc(OC)cc1)C(=O)C1CCN(C(=O)OC(C)(C)C)CC1. The number of likely N-dealkylation sites (tertiary alicyclic amines) is 1. The van der Waals surface area contributed by atoms with Gasteiger partial charge < -0.3 is 19.3 Å². The molecule has 0 saturated carbocycles. The lowest BCUT2D eigenvalue weighted by atomic mass is 9.95. The standard InChI is InChI=1S/C22H32N2O4/c1-6-13-24(16-17-7-9-19(27-5)10-8-17)20(25)18-11-14-23(15-12-18)21(26)28-22(2,3)4/h6-10,18H,1,11-16H2,2-5H3. The molecule has 154 valence electrons. The number of amides is 2. The molecule has 6 nitrogen and oxygen atoms in total. The van der Waals surface area contributed by atoms with E-state index in [1.54, 1.807) is 18.1 Å². The minimum Gasteiger partial charge on any atom is -0.497 e. The van der Waals surface area contributed by atoms with Gasteiger partial charge in [0.1, 0.15) is 11.4 Å². The third-order valence-corrected chi connectivity index (χ3v) is 4.69. The van der Waals surface area contributed by atoms with Gasteiger partial charge in [0.2, 0.25) is 5.91 Å². The van der Waals surface area contributed by atoms with Crippen molar-refractivity contribution in [2.24, 2.45) is 5.92 Å². The fourth-order valence-corrected chi connectivity index (χ4v) is 3.23. The lowest BCUT2D eigenvalue weighted by Gasteiger charge is -2.35. The molecule has 1 aromatic rings. The molecule has 1 fully saturated rings. The molecule has 1 saturated heterocycles. The second kappa shape index (κ2) is 9.62. The molecule has 1 aliphatic heterocycles. The summed E-state index contributed by atoms with van der Waals surface area (Å²) >= 11 is 0. The lowest BCUT2D eigenvalue weighted by Crippen LogP contribution is -2.45. The number of benzene rings is 1. The van der Waals surface area contributed by atoms with Crippen LogP contribution >= 0.6 is 0 Å². The Labute approximate surface area is 168 Å². The van der Waals surface area contributed by atoms with Gasteiger partial charge in [0.25, 0.3) is 0 Å². The molecule has 0 aliphatic carbocycles. The molecule has 1 aromatic carbocycles. The molecule has 0 aromatic heterocycles. The molecule has 28 heavy (non-hydrogen) atoms.